The van der Waals surface area contributed by atoms with Crippen LogP contribution in [-0.2, 0) is 0 Å². The highest BCUT2D eigenvalue weighted by Gasteiger charge is 2.19. The number of halogens is 1. The van der Waals surface area contributed by atoms with Gasteiger partial charge >= 0.3 is 0 Å². The number of aryl methyl sites for hydroxylation is 2. The summed E-state index contributed by atoms with van der Waals surface area (Å²) in [6, 6.07) is 6.50. The van der Waals surface area contributed by atoms with Crippen molar-refractivity contribution < 1.29 is 9.26 Å². The largest absolute Gasteiger partial charge is 0.496 e. The number of nitrogens with zero attached hydrogens (tertiary/aromatic N) is 1. The minimum absolute atomic E-state index is 0.173. The molecule has 1 heterocycles. The van der Waals surface area contributed by atoms with Gasteiger partial charge in [-0.1, -0.05) is 11.2 Å². The molecule has 1 N–H and O–H groups in total. The van der Waals surface area contributed by atoms with Crippen LogP contribution in [0.1, 0.15) is 48.5 Å². The fourth-order valence-corrected chi connectivity index (χ4v) is 3.17. The first-order valence-electron chi connectivity index (χ1n) is 6.96. The van der Waals surface area contributed by atoms with Gasteiger partial charge in [0.25, 0.3) is 0 Å². The third kappa shape index (κ3) is 3.47. The second-order valence-electron chi connectivity index (χ2n) is 5.24. The summed E-state index contributed by atoms with van der Waals surface area (Å²) >= 11 is 3.53. The molecule has 0 saturated heterocycles. The molecule has 1 aromatic carbocycles. The SMILES string of the molecule is COc1ccc(C(C)NC(C)c2c(C)noc2C)cc1Br. The van der Waals surface area contributed by atoms with Crippen LogP contribution in [0.2, 0.25) is 0 Å². The number of hydrogen-bond acceptors (Lipinski definition) is 4. The summed E-state index contributed by atoms with van der Waals surface area (Å²) in [7, 11) is 1.67. The zero-order valence-corrected chi connectivity index (χ0v) is 14.6. The van der Waals surface area contributed by atoms with E-state index < -0.39 is 0 Å². The first kappa shape index (κ1) is 16.0. The van der Waals surface area contributed by atoms with Crippen molar-refractivity contribution in [1.29, 1.82) is 0 Å². The Balaban J connectivity index is 2.14. The lowest BCUT2D eigenvalue weighted by molar-refractivity contribution is 0.389. The first-order chi connectivity index (χ1) is 9.93. The van der Waals surface area contributed by atoms with Crippen LogP contribution in [0, 0.1) is 13.8 Å². The van der Waals surface area contributed by atoms with E-state index in [1.54, 1.807) is 7.11 Å². The van der Waals surface area contributed by atoms with Gasteiger partial charge in [0.15, 0.2) is 0 Å². The van der Waals surface area contributed by atoms with Crippen molar-refractivity contribution in [3.05, 3.63) is 45.3 Å². The Morgan fingerprint density at radius 3 is 2.48 bits per heavy atom. The minimum Gasteiger partial charge on any atom is -0.496 e. The average Bonchev–Trinajstić information content (AvgIpc) is 2.77. The maximum atomic E-state index is 5.26. The van der Waals surface area contributed by atoms with Crippen molar-refractivity contribution in [2.24, 2.45) is 0 Å². The molecule has 1 aromatic heterocycles. The van der Waals surface area contributed by atoms with Gasteiger partial charge < -0.3 is 14.6 Å². The van der Waals surface area contributed by atoms with Crippen molar-refractivity contribution in [3.8, 4) is 5.75 Å². The van der Waals surface area contributed by atoms with E-state index in [0.717, 1.165) is 27.2 Å². The normalized spacial score (nSPS) is 14.0. The smallest absolute Gasteiger partial charge is 0.138 e. The van der Waals surface area contributed by atoms with Gasteiger partial charge in [0, 0.05) is 17.6 Å². The van der Waals surface area contributed by atoms with Gasteiger partial charge in [0.05, 0.1) is 17.3 Å². The summed E-state index contributed by atoms with van der Waals surface area (Å²) in [6.45, 7) is 8.19. The Morgan fingerprint density at radius 1 is 1.24 bits per heavy atom. The number of methoxy groups -OCH3 is 1. The Morgan fingerprint density at radius 2 is 1.95 bits per heavy atom. The summed E-state index contributed by atoms with van der Waals surface area (Å²) in [4.78, 5) is 0. The molecule has 2 aromatic rings. The van der Waals surface area contributed by atoms with E-state index in [-0.39, 0.29) is 12.1 Å². The number of benzene rings is 1. The van der Waals surface area contributed by atoms with E-state index in [4.69, 9.17) is 9.26 Å². The van der Waals surface area contributed by atoms with Gasteiger partial charge in [-0.25, -0.2) is 0 Å². The quantitative estimate of drug-likeness (QED) is 0.861. The summed E-state index contributed by atoms with van der Waals surface area (Å²) in [5.74, 6) is 1.71. The van der Waals surface area contributed by atoms with Gasteiger partial charge in [-0.15, -0.1) is 0 Å². The topological polar surface area (TPSA) is 47.3 Å². The van der Waals surface area contributed by atoms with Crippen LogP contribution in [0.3, 0.4) is 0 Å². The van der Waals surface area contributed by atoms with Gasteiger partial charge in [-0.3, -0.25) is 0 Å². The molecule has 0 aliphatic heterocycles. The molecule has 0 bridgehead atoms. The zero-order valence-electron chi connectivity index (χ0n) is 13.0. The van der Waals surface area contributed by atoms with Crippen LogP contribution in [0.5, 0.6) is 5.75 Å². The number of nitrogens with one attached hydrogen (secondary N) is 1. The van der Waals surface area contributed by atoms with E-state index in [1.165, 1.54) is 5.56 Å². The molecular formula is C16H21BrN2O2. The lowest BCUT2D eigenvalue weighted by Gasteiger charge is -2.21. The standard InChI is InChI=1S/C16H21BrN2O2/c1-9(13-6-7-15(20-5)14(17)8-13)18-10(2)16-11(3)19-21-12(16)4/h6-10,18H,1-5H3. The van der Waals surface area contributed by atoms with Crippen molar-refractivity contribution in [1.82, 2.24) is 10.5 Å². The molecular weight excluding hydrogens is 332 g/mol. The van der Waals surface area contributed by atoms with E-state index in [0.29, 0.717) is 0 Å². The average molecular weight is 353 g/mol. The fourth-order valence-electron chi connectivity index (χ4n) is 2.61. The molecule has 114 valence electrons. The van der Waals surface area contributed by atoms with E-state index in [1.807, 2.05) is 19.9 Å². The third-order valence-electron chi connectivity index (χ3n) is 3.70. The highest BCUT2D eigenvalue weighted by molar-refractivity contribution is 9.10. The number of ether oxygens (including phenoxy) is 1. The molecule has 4 nitrogen and oxygen atoms in total. The molecule has 0 saturated carbocycles. The second kappa shape index (κ2) is 6.62. The van der Waals surface area contributed by atoms with Gasteiger partial charge in [0.1, 0.15) is 11.5 Å². The molecule has 0 aliphatic carbocycles. The Hall–Kier alpha value is -1.33. The Labute approximate surface area is 134 Å². The number of rotatable bonds is 5. The van der Waals surface area contributed by atoms with Crippen LogP contribution in [0.25, 0.3) is 0 Å². The molecule has 2 unspecified atom stereocenters. The van der Waals surface area contributed by atoms with Crippen molar-refractivity contribution in [2.45, 2.75) is 39.8 Å². The van der Waals surface area contributed by atoms with Crippen molar-refractivity contribution >= 4 is 15.9 Å². The fraction of sp³-hybridized carbons (Fsp3) is 0.438. The summed E-state index contributed by atoms with van der Waals surface area (Å²) in [5, 5.41) is 7.60. The highest BCUT2D eigenvalue weighted by Crippen LogP contribution is 2.29. The lowest BCUT2D eigenvalue weighted by atomic mass is 10.0. The monoisotopic (exact) mass is 352 g/mol. The Kier molecular flexibility index (Phi) is 5.06. The van der Waals surface area contributed by atoms with Gasteiger partial charge in [0.2, 0.25) is 0 Å². The highest BCUT2D eigenvalue weighted by atomic mass is 79.9. The summed E-state index contributed by atoms with van der Waals surface area (Å²) in [5.41, 5.74) is 3.27. The number of hydrogen-bond donors (Lipinski definition) is 1. The molecule has 0 radical (unpaired) electrons. The predicted octanol–water partition coefficient (Wildman–Crippen LogP) is 4.47. The van der Waals surface area contributed by atoms with Gasteiger partial charge in [-0.05, 0) is 61.3 Å². The molecule has 2 rings (SSSR count). The molecule has 0 aliphatic rings. The molecule has 0 fully saturated rings. The van der Waals surface area contributed by atoms with E-state index in [2.05, 4.69) is 52.4 Å². The minimum atomic E-state index is 0.173. The second-order valence-corrected chi connectivity index (χ2v) is 6.10. The lowest BCUT2D eigenvalue weighted by Crippen LogP contribution is -2.23. The molecule has 0 amide bonds. The summed E-state index contributed by atoms with van der Waals surface area (Å²) < 4.78 is 11.5. The van der Waals surface area contributed by atoms with Crippen molar-refractivity contribution in [3.63, 3.8) is 0 Å². The molecule has 0 spiro atoms. The predicted molar refractivity (Wildman–Crippen MR) is 86.6 cm³/mol. The van der Waals surface area contributed by atoms with Crippen LogP contribution in [-0.4, -0.2) is 12.3 Å². The molecule has 5 heteroatoms. The maximum Gasteiger partial charge on any atom is 0.138 e. The van der Waals surface area contributed by atoms with Crippen molar-refractivity contribution in [2.75, 3.05) is 7.11 Å². The molecule has 21 heavy (non-hydrogen) atoms. The van der Waals surface area contributed by atoms with E-state index in [9.17, 15) is 0 Å². The first-order valence-corrected chi connectivity index (χ1v) is 7.75. The maximum absolute atomic E-state index is 5.26. The summed E-state index contributed by atoms with van der Waals surface area (Å²) in [6.07, 6.45) is 0. The number of aromatic nitrogens is 1. The molecule has 2 atom stereocenters. The van der Waals surface area contributed by atoms with Gasteiger partial charge in [-0.2, -0.15) is 0 Å². The zero-order chi connectivity index (χ0) is 15.6. The van der Waals surface area contributed by atoms with E-state index >= 15 is 0 Å². The van der Waals surface area contributed by atoms with Crippen LogP contribution < -0.4 is 10.1 Å². The third-order valence-corrected chi connectivity index (χ3v) is 4.32. The van der Waals surface area contributed by atoms with Crippen LogP contribution >= 0.6 is 15.9 Å². The Bertz CT molecular complexity index is 605. The van der Waals surface area contributed by atoms with Crippen LogP contribution in [0.4, 0.5) is 0 Å². The van der Waals surface area contributed by atoms with Crippen LogP contribution in [0.15, 0.2) is 27.2 Å².